The van der Waals surface area contributed by atoms with Crippen molar-refractivity contribution >= 4 is 12.2 Å². The Morgan fingerprint density at radius 3 is 1.56 bits per heavy atom. The topological polar surface area (TPSA) is 62.3 Å². The van der Waals surface area contributed by atoms with E-state index in [1.165, 1.54) is 0 Å². The van der Waals surface area contributed by atoms with Gasteiger partial charge in [-0.2, -0.15) is 0 Å². The van der Waals surface area contributed by atoms with Gasteiger partial charge >= 0.3 is 12.2 Å². The molecule has 2 saturated heterocycles. The Kier molecular flexibility index (Phi) is 7.61. The predicted molar refractivity (Wildman–Crippen MR) is 121 cm³/mol. The number of nitrogens with zero attached hydrogens (tertiary/aromatic N) is 3. The van der Waals surface area contributed by atoms with Crippen LogP contribution >= 0.6 is 0 Å². The highest BCUT2D eigenvalue weighted by atomic mass is 16.6. The molecule has 7 nitrogen and oxygen atoms in total. The number of hydrogen-bond acceptors (Lipinski definition) is 5. The maximum atomic E-state index is 12.4. The van der Waals surface area contributed by atoms with E-state index in [4.69, 9.17) is 9.47 Å². The van der Waals surface area contributed by atoms with Crippen LogP contribution in [-0.4, -0.2) is 72.2 Å². The van der Waals surface area contributed by atoms with Gasteiger partial charge in [-0.15, -0.1) is 0 Å². The van der Waals surface area contributed by atoms with E-state index >= 15 is 0 Å². The Labute approximate surface area is 189 Å². The first kappa shape index (κ1) is 22.1. The van der Waals surface area contributed by atoms with Crippen molar-refractivity contribution in [2.24, 2.45) is 0 Å². The first-order chi connectivity index (χ1) is 15.7. The molecular weight excluding hydrogens is 406 g/mol. The van der Waals surface area contributed by atoms with Gasteiger partial charge in [0.1, 0.15) is 13.2 Å². The number of rotatable bonds is 5. The van der Waals surface area contributed by atoms with E-state index in [0.717, 1.165) is 37.1 Å². The van der Waals surface area contributed by atoms with E-state index in [9.17, 15) is 9.59 Å². The number of piperidine rings is 1. The van der Waals surface area contributed by atoms with Gasteiger partial charge in [0, 0.05) is 45.3 Å². The van der Waals surface area contributed by atoms with Gasteiger partial charge in [-0.3, -0.25) is 4.90 Å². The molecular formula is C25H31N3O4. The van der Waals surface area contributed by atoms with E-state index in [1.54, 1.807) is 9.80 Å². The summed E-state index contributed by atoms with van der Waals surface area (Å²) in [7, 11) is 0. The molecule has 2 aliphatic heterocycles. The van der Waals surface area contributed by atoms with Crippen molar-refractivity contribution in [3.63, 3.8) is 0 Å². The van der Waals surface area contributed by atoms with Crippen molar-refractivity contribution in [3.05, 3.63) is 71.8 Å². The Morgan fingerprint density at radius 1 is 0.656 bits per heavy atom. The molecule has 2 aromatic carbocycles. The van der Waals surface area contributed by atoms with Gasteiger partial charge in [0.25, 0.3) is 0 Å². The summed E-state index contributed by atoms with van der Waals surface area (Å²) in [5.74, 6) is 0. The van der Waals surface area contributed by atoms with Gasteiger partial charge in [-0.05, 0) is 24.0 Å². The van der Waals surface area contributed by atoms with Crippen LogP contribution in [0.3, 0.4) is 0 Å². The van der Waals surface area contributed by atoms with E-state index < -0.39 is 0 Å². The molecule has 2 fully saturated rings. The minimum atomic E-state index is -0.246. The minimum Gasteiger partial charge on any atom is -0.445 e. The molecule has 0 aliphatic carbocycles. The average Bonchev–Trinajstić information content (AvgIpc) is 2.87. The molecule has 7 heteroatoms. The second-order valence-corrected chi connectivity index (χ2v) is 8.32. The maximum Gasteiger partial charge on any atom is 0.410 e. The summed E-state index contributed by atoms with van der Waals surface area (Å²) in [6, 6.07) is 19.9. The van der Waals surface area contributed by atoms with Gasteiger partial charge in [-0.1, -0.05) is 60.7 Å². The third kappa shape index (κ3) is 6.01. The Morgan fingerprint density at radius 2 is 1.09 bits per heavy atom. The highest BCUT2D eigenvalue weighted by Crippen LogP contribution is 2.20. The number of likely N-dealkylation sites (tertiary alicyclic amines) is 1. The third-order valence-corrected chi connectivity index (χ3v) is 6.22. The van der Waals surface area contributed by atoms with Gasteiger partial charge < -0.3 is 19.3 Å². The van der Waals surface area contributed by atoms with Gasteiger partial charge in [0.05, 0.1) is 0 Å². The average molecular weight is 438 g/mol. The van der Waals surface area contributed by atoms with Gasteiger partial charge in [0.2, 0.25) is 0 Å². The van der Waals surface area contributed by atoms with Crippen LogP contribution < -0.4 is 0 Å². The van der Waals surface area contributed by atoms with Crippen molar-refractivity contribution < 1.29 is 19.1 Å². The minimum absolute atomic E-state index is 0.238. The molecule has 0 bridgehead atoms. The second-order valence-electron chi connectivity index (χ2n) is 8.32. The highest BCUT2D eigenvalue weighted by molar-refractivity contribution is 5.68. The number of hydrogen-bond donors (Lipinski definition) is 0. The molecule has 2 aliphatic rings. The van der Waals surface area contributed by atoms with E-state index in [1.807, 2.05) is 60.7 Å². The van der Waals surface area contributed by atoms with Crippen LogP contribution in [0.2, 0.25) is 0 Å². The molecule has 2 amide bonds. The fraction of sp³-hybridized carbons (Fsp3) is 0.440. The molecule has 0 saturated carbocycles. The molecule has 32 heavy (non-hydrogen) atoms. The van der Waals surface area contributed by atoms with Crippen LogP contribution in [-0.2, 0) is 22.7 Å². The Balaban J connectivity index is 1.14. The van der Waals surface area contributed by atoms with E-state index in [0.29, 0.717) is 45.4 Å². The zero-order valence-corrected chi connectivity index (χ0v) is 18.4. The van der Waals surface area contributed by atoms with Crippen LogP contribution in [0.1, 0.15) is 24.0 Å². The Hall–Kier alpha value is -3.06. The number of amides is 2. The number of benzene rings is 2. The van der Waals surface area contributed by atoms with Crippen molar-refractivity contribution in [2.45, 2.75) is 32.1 Å². The fourth-order valence-corrected chi connectivity index (χ4v) is 4.30. The predicted octanol–water partition coefficient (Wildman–Crippen LogP) is 3.74. The first-order valence-corrected chi connectivity index (χ1v) is 11.3. The highest BCUT2D eigenvalue weighted by Gasteiger charge is 2.31. The van der Waals surface area contributed by atoms with Gasteiger partial charge in [0.15, 0.2) is 0 Å². The molecule has 0 aromatic heterocycles. The van der Waals surface area contributed by atoms with Crippen LogP contribution in [0.15, 0.2) is 60.7 Å². The van der Waals surface area contributed by atoms with Crippen LogP contribution in [0.5, 0.6) is 0 Å². The monoisotopic (exact) mass is 437 g/mol. The summed E-state index contributed by atoms with van der Waals surface area (Å²) in [6.07, 6.45) is 1.38. The lowest BCUT2D eigenvalue weighted by Gasteiger charge is -2.42. The van der Waals surface area contributed by atoms with Crippen LogP contribution in [0.25, 0.3) is 0 Å². The first-order valence-electron chi connectivity index (χ1n) is 11.3. The SMILES string of the molecule is O=C(OCc1ccccc1)N1CCC(N2CCN(C(=O)OCc3ccccc3)CC2)CC1. The Bertz CT molecular complexity index is 788. The van der Waals surface area contributed by atoms with Crippen molar-refractivity contribution in [1.82, 2.24) is 14.7 Å². The molecule has 2 aromatic rings. The molecule has 0 atom stereocenters. The fourth-order valence-electron chi connectivity index (χ4n) is 4.30. The molecule has 0 unspecified atom stereocenters. The zero-order chi connectivity index (χ0) is 22.2. The summed E-state index contributed by atoms with van der Waals surface area (Å²) in [6.45, 7) is 5.04. The molecule has 0 radical (unpaired) electrons. The number of piperazine rings is 1. The summed E-state index contributed by atoms with van der Waals surface area (Å²) >= 11 is 0. The van der Waals surface area contributed by atoms with Gasteiger partial charge in [-0.25, -0.2) is 9.59 Å². The largest absolute Gasteiger partial charge is 0.445 e. The van der Waals surface area contributed by atoms with Crippen molar-refractivity contribution in [3.8, 4) is 0 Å². The normalized spacial score (nSPS) is 17.8. The lowest BCUT2D eigenvalue weighted by atomic mass is 10.0. The number of carbonyl (C=O) groups excluding carboxylic acids is 2. The molecule has 2 heterocycles. The molecule has 0 spiro atoms. The van der Waals surface area contributed by atoms with Crippen LogP contribution in [0.4, 0.5) is 9.59 Å². The standard InChI is InChI=1S/C25H31N3O4/c29-24(31-19-21-7-3-1-4-8-21)27-13-11-23(12-14-27)26-15-17-28(18-16-26)25(30)32-20-22-9-5-2-6-10-22/h1-10,23H,11-20H2. The van der Waals surface area contributed by atoms with E-state index in [-0.39, 0.29) is 12.2 Å². The van der Waals surface area contributed by atoms with Crippen molar-refractivity contribution in [2.75, 3.05) is 39.3 Å². The summed E-state index contributed by atoms with van der Waals surface area (Å²) in [5, 5.41) is 0. The second kappa shape index (κ2) is 11.0. The summed E-state index contributed by atoms with van der Waals surface area (Å²) < 4.78 is 10.9. The quantitative estimate of drug-likeness (QED) is 0.713. The molecule has 170 valence electrons. The maximum absolute atomic E-state index is 12.4. The molecule has 0 N–H and O–H groups in total. The number of ether oxygens (including phenoxy) is 2. The number of carbonyl (C=O) groups is 2. The lowest BCUT2D eigenvalue weighted by molar-refractivity contribution is 0.0380. The van der Waals surface area contributed by atoms with Crippen molar-refractivity contribution in [1.29, 1.82) is 0 Å². The zero-order valence-electron chi connectivity index (χ0n) is 18.4. The molecule has 4 rings (SSSR count). The van der Waals surface area contributed by atoms with E-state index in [2.05, 4.69) is 4.90 Å². The lowest BCUT2D eigenvalue weighted by Crippen LogP contribution is -2.54. The van der Waals surface area contributed by atoms with Crippen LogP contribution in [0, 0.1) is 0 Å². The summed E-state index contributed by atoms with van der Waals surface area (Å²) in [5.41, 5.74) is 1.99. The third-order valence-electron chi connectivity index (χ3n) is 6.22. The smallest absolute Gasteiger partial charge is 0.410 e. The summed E-state index contributed by atoms with van der Waals surface area (Å²) in [4.78, 5) is 30.8.